The Balaban J connectivity index is 1.61. The molecule has 2 rings (SSSR count). The van der Waals surface area contributed by atoms with Crippen molar-refractivity contribution < 1.29 is 4.79 Å². The van der Waals surface area contributed by atoms with Crippen LogP contribution in [0.5, 0.6) is 0 Å². The average Bonchev–Trinajstić information content (AvgIpc) is 2.49. The van der Waals surface area contributed by atoms with Crippen molar-refractivity contribution in [1.29, 1.82) is 0 Å². The van der Waals surface area contributed by atoms with Gasteiger partial charge in [-0.15, -0.1) is 11.8 Å². The summed E-state index contributed by atoms with van der Waals surface area (Å²) >= 11 is 1.69. The third kappa shape index (κ3) is 5.17. The molecule has 0 spiro atoms. The molecule has 1 aromatic carbocycles. The van der Waals surface area contributed by atoms with Crippen molar-refractivity contribution in [2.45, 2.75) is 31.6 Å². The van der Waals surface area contributed by atoms with Gasteiger partial charge in [0.25, 0.3) is 0 Å². The van der Waals surface area contributed by atoms with Crippen molar-refractivity contribution in [2.75, 3.05) is 25.4 Å². The largest absolute Gasteiger partial charge is 0.353 e. The number of piperidine rings is 1. The molecule has 3 nitrogen and oxygen atoms in total. The fourth-order valence-corrected chi connectivity index (χ4v) is 3.30. The van der Waals surface area contributed by atoms with Gasteiger partial charge in [-0.3, -0.25) is 4.79 Å². The van der Waals surface area contributed by atoms with Crippen LogP contribution in [0.1, 0.15) is 25.3 Å². The van der Waals surface area contributed by atoms with Crippen molar-refractivity contribution in [3.8, 4) is 0 Å². The molecule has 0 atom stereocenters. The lowest BCUT2D eigenvalue weighted by Gasteiger charge is -2.31. The maximum atomic E-state index is 11.9. The molecule has 1 amide bonds. The highest BCUT2D eigenvalue weighted by atomic mass is 32.2. The number of benzene rings is 1. The number of amides is 1. The van der Waals surface area contributed by atoms with Gasteiger partial charge < -0.3 is 10.2 Å². The smallest absolute Gasteiger partial charge is 0.230 e. The van der Waals surface area contributed by atoms with Crippen molar-refractivity contribution >= 4 is 17.7 Å². The van der Waals surface area contributed by atoms with E-state index < -0.39 is 0 Å². The number of carbonyl (C=O) groups is 1. The number of thioether (sulfide) groups is 1. The van der Waals surface area contributed by atoms with E-state index in [9.17, 15) is 4.79 Å². The first kappa shape index (κ1) is 15.4. The molecular weight excluding hydrogens is 268 g/mol. The van der Waals surface area contributed by atoms with Gasteiger partial charge in [0.15, 0.2) is 0 Å². The molecule has 110 valence electrons. The zero-order chi connectivity index (χ0) is 14.2. The highest BCUT2D eigenvalue weighted by Crippen LogP contribution is 2.13. The second-order valence-corrected chi connectivity index (χ2v) is 6.24. The lowest BCUT2D eigenvalue weighted by Crippen LogP contribution is -2.45. The Morgan fingerprint density at radius 1 is 1.30 bits per heavy atom. The van der Waals surface area contributed by atoms with Crippen LogP contribution in [0.2, 0.25) is 0 Å². The van der Waals surface area contributed by atoms with Crippen molar-refractivity contribution in [3.63, 3.8) is 0 Å². The lowest BCUT2D eigenvalue weighted by molar-refractivity contribution is -0.119. The molecule has 1 fully saturated rings. The summed E-state index contributed by atoms with van der Waals surface area (Å²) < 4.78 is 0. The van der Waals surface area contributed by atoms with E-state index in [1.807, 2.05) is 18.2 Å². The first-order valence-corrected chi connectivity index (χ1v) is 8.56. The van der Waals surface area contributed by atoms with Gasteiger partial charge in [0.1, 0.15) is 0 Å². The van der Waals surface area contributed by atoms with Gasteiger partial charge in [-0.25, -0.2) is 0 Å². The highest BCUT2D eigenvalue weighted by Gasteiger charge is 2.19. The quantitative estimate of drug-likeness (QED) is 0.874. The average molecular weight is 292 g/mol. The standard InChI is InChI=1S/C16H24N2OS/c1-2-18-10-8-15(9-11-18)17-16(19)13-20-12-14-6-4-3-5-7-14/h3-7,15H,2,8-13H2,1H3,(H,17,19). The Bertz CT molecular complexity index is 402. The molecule has 1 aliphatic rings. The third-order valence-corrected chi connectivity index (χ3v) is 4.75. The third-order valence-electron chi connectivity index (χ3n) is 3.74. The number of hydrogen-bond donors (Lipinski definition) is 1. The Hall–Kier alpha value is -1.00. The monoisotopic (exact) mass is 292 g/mol. The number of rotatable bonds is 6. The fraction of sp³-hybridized carbons (Fsp3) is 0.562. The van der Waals surface area contributed by atoms with Crippen LogP contribution in [0.3, 0.4) is 0 Å². The van der Waals surface area contributed by atoms with E-state index in [2.05, 4.69) is 29.3 Å². The lowest BCUT2D eigenvalue weighted by atomic mass is 10.1. The first-order valence-electron chi connectivity index (χ1n) is 7.41. The number of nitrogens with zero attached hydrogens (tertiary/aromatic N) is 1. The summed E-state index contributed by atoms with van der Waals surface area (Å²) in [6.07, 6.45) is 2.17. The number of likely N-dealkylation sites (tertiary alicyclic amines) is 1. The van der Waals surface area contributed by atoms with Crippen LogP contribution in [0.15, 0.2) is 30.3 Å². The van der Waals surface area contributed by atoms with Gasteiger partial charge in [-0.05, 0) is 24.9 Å². The molecule has 1 heterocycles. The van der Waals surface area contributed by atoms with Crippen LogP contribution in [0.25, 0.3) is 0 Å². The predicted molar refractivity (Wildman–Crippen MR) is 85.9 cm³/mol. The second-order valence-electron chi connectivity index (χ2n) is 5.25. The zero-order valence-electron chi connectivity index (χ0n) is 12.2. The van der Waals surface area contributed by atoms with E-state index >= 15 is 0 Å². The Morgan fingerprint density at radius 3 is 2.65 bits per heavy atom. The topological polar surface area (TPSA) is 32.3 Å². The van der Waals surface area contributed by atoms with Gasteiger partial charge in [-0.2, -0.15) is 0 Å². The van der Waals surface area contributed by atoms with Crippen molar-refractivity contribution in [2.24, 2.45) is 0 Å². The summed E-state index contributed by atoms with van der Waals surface area (Å²) in [5.74, 6) is 1.65. The molecule has 0 aliphatic carbocycles. The molecular formula is C16H24N2OS. The SMILES string of the molecule is CCN1CCC(NC(=O)CSCc2ccccc2)CC1. The molecule has 0 unspecified atom stereocenters. The minimum atomic E-state index is 0.181. The zero-order valence-corrected chi connectivity index (χ0v) is 13.0. The molecule has 0 saturated carbocycles. The van der Waals surface area contributed by atoms with Gasteiger partial charge in [0.2, 0.25) is 5.91 Å². The van der Waals surface area contributed by atoms with Gasteiger partial charge >= 0.3 is 0 Å². The number of nitrogens with one attached hydrogen (secondary N) is 1. The predicted octanol–water partition coefficient (Wildman–Crippen LogP) is 2.52. The van der Waals surface area contributed by atoms with Crippen molar-refractivity contribution in [3.05, 3.63) is 35.9 Å². The van der Waals surface area contributed by atoms with Crippen LogP contribution in [0.4, 0.5) is 0 Å². The molecule has 1 aliphatic heterocycles. The van der Waals surface area contributed by atoms with Crippen molar-refractivity contribution in [1.82, 2.24) is 10.2 Å². The van der Waals surface area contributed by atoms with E-state index in [-0.39, 0.29) is 5.91 Å². The number of hydrogen-bond acceptors (Lipinski definition) is 3. The maximum Gasteiger partial charge on any atom is 0.230 e. The number of carbonyl (C=O) groups excluding carboxylic acids is 1. The van der Waals surface area contributed by atoms with Crippen LogP contribution in [0, 0.1) is 0 Å². The van der Waals surface area contributed by atoms with Gasteiger partial charge in [-0.1, -0.05) is 37.3 Å². The van der Waals surface area contributed by atoms with Crippen LogP contribution >= 0.6 is 11.8 Å². The van der Waals surface area contributed by atoms with Crippen LogP contribution < -0.4 is 5.32 Å². The molecule has 0 radical (unpaired) electrons. The molecule has 1 N–H and O–H groups in total. The summed E-state index contributed by atoms with van der Waals surface area (Å²) in [7, 11) is 0. The molecule has 0 aromatic heterocycles. The second kappa shape index (κ2) is 8.32. The minimum absolute atomic E-state index is 0.181. The first-order chi connectivity index (χ1) is 9.78. The van der Waals surface area contributed by atoms with E-state index in [1.54, 1.807) is 11.8 Å². The summed E-state index contributed by atoms with van der Waals surface area (Å²) in [6, 6.07) is 10.7. The van der Waals surface area contributed by atoms with Crippen LogP contribution in [-0.4, -0.2) is 42.2 Å². The van der Waals surface area contributed by atoms with Gasteiger partial charge in [0.05, 0.1) is 5.75 Å². The molecule has 1 aromatic rings. The Morgan fingerprint density at radius 2 is 2.00 bits per heavy atom. The maximum absolute atomic E-state index is 11.9. The summed E-state index contributed by atoms with van der Waals surface area (Å²) in [4.78, 5) is 14.3. The minimum Gasteiger partial charge on any atom is -0.353 e. The van der Waals surface area contributed by atoms with E-state index in [1.165, 1.54) is 5.56 Å². The summed E-state index contributed by atoms with van der Waals surface area (Å²) in [5.41, 5.74) is 1.28. The molecule has 4 heteroatoms. The Kier molecular flexibility index (Phi) is 6.40. The van der Waals surface area contributed by atoms with Crippen LogP contribution in [-0.2, 0) is 10.5 Å². The van der Waals surface area contributed by atoms with E-state index in [0.29, 0.717) is 11.8 Å². The van der Waals surface area contributed by atoms with E-state index in [0.717, 1.165) is 38.2 Å². The molecule has 20 heavy (non-hydrogen) atoms. The Labute approximate surface area is 126 Å². The molecule has 0 bridgehead atoms. The van der Waals surface area contributed by atoms with E-state index in [4.69, 9.17) is 0 Å². The summed E-state index contributed by atoms with van der Waals surface area (Å²) in [6.45, 7) is 5.53. The summed E-state index contributed by atoms with van der Waals surface area (Å²) in [5, 5.41) is 3.16. The van der Waals surface area contributed by atoms with Gasteiger partial charge in [0, 0.05) is 24.9 Å². The normalized spacial score (nSPS) is 17.1. The fourth-order valence-electron chi connectivity index (χ4n) is 2.50. The highest BCUT2D eigenvalue weighted by molar-refractivity contribution is 7.99. The molecule has 1 saturated heterocycles.